The van der Waals surface area contributed by atoms with Gasteiger partial charge in [0.2, 0.25) is 8.32 Å². The summed E-state index contributed by atoms with van der Waals surface area (Å²) in [7, 11) is -2.27. The van der Waals surface area contributed by atoms with E-state index in [0.717, 1.165) is 0 Å². The molecule has 0 aliphatic rings. The van der Waals surface area contributed by atoms with Crippen molar-refractivity contribution in [3.8, 4) is 0 Å². The van der Waals surface area contributed by atoms with Gasteiger partial charge in [0.05, 0.1) is 30.8 Å². The van der Waals surface area contributed by atoms with Gasteiger partial charge in [0.1, 0.15) is 0 Å². The third-order valence-corrected chi connectivity index (χ3v) is 8.19. The number of aliphatic hydroxyl groups excluding tert-OH is 2. The summed E-state index contributed by atoms with van der Waals surface area (Å²) in [5.74, 6) is -2.07. The lowest BCUT2D eigenvalue weighted by Gasteiger charge is -2.37. The number of carbonyl (C=O) groups is 2. The minimum Gasteiger partial charge on any atom is -0.547 e. The van der Waals surface area contributed by atoms with Crippen LogP contribution >= 0.6 is 0 Å². The summed E-state index contributed by atoms with van der Waals surface area (Å²) in [6.07, 6.45) is -2.20. The second kappa shape index (κ2) is 8.46. The van der Waals surface area contributed by atoms with E-state index in [2.05, 4.69) is 0 Å². The second-order valence-corrected chi connectivity index (χ2v) is 11.8. The van der Waals surface area contributed by atoms with Crippen LogP contribution in [-0.2, 0) is 14.0 Å². The summed E-state index contributed by atoms with van der Waals surface area (Å²) in [6, 6.07) is 0. The zero-order valence-corrected chi connectivity index (χ0v) is 15.4. The SMILES string of the molecule is CC(C)(C)[Si](C)(C)O/C(=C\[C@H](O)CC(=O)O)C[C@@H](O)CC(=O)O. The highest BCUT2D eigenvalue weighted by Crippen LogP contribution is 2.38. The Bertz CT molecular complexity index is 451. The van der Waals surface area contributed by atoms with Crippen molar-refractivity contribution in [3.05, 3.63) is 11.8 Å². The van der Waals surface area contributed by atoms with Gasteiger partial charge < -0.3 is 24.9 Å². The highest BCUT2D eigenvalue weighted by molar-refractivity contribution is 6.74. The van der Waals surface area contributed by atoms with Gasteiger partial charge >= 0.3 is 11.9 Å². The molecule has 0 amide bonds. The van der Waals surface area contributed by atoms with Crippen LogP contribution in [0.3, 0.4) is 0 Å². The third-order valence-electron chi connectivity index (χ3n) is 3.80. The number of carboxylic acid groups (broad SMARTS) is 2. The third kappa shape index (κ3) is 8.73. The fraction of sp³-hybridized carbons (Fsp3) is 0.733. The van der Waals surface area contributed by atoms with Gasteiger partial charge in [-0.05, 0) is 24.2 Å². The molecule has 0 unspecified atom stereocenters. The molecule has 0 spiro atoms. The van der Waals surface area contributed by atoms with E-state index in [9.17, 15) is 19.8 Å². The Morgan fingerprint density at radius 3 is 1.91 bits per heavy atom. The molecule has 0 rings (SSSR count). The fourth-order valence-corrected chi connectivity index (χ4v) is 2.70. The summed E-state index contributed by atoms with van der Waals surface area (Å²) in [6.45, 7) is 9.97. The quantitative estimate of drug-likeness (QED) is 0.371. The van der Waals surface area contributed by atoms with E-state index in [1.165, 1.54) is 6.08 Å². The first-order valence-corrected chi connectivity index (χ1v) is 10.3. The molecule has 0 aromatic carbocycles. The lowest BCUT2D eigenvalue weighted by atomic mass is 10.1. The zero-order chi connectivity index (χ0) is 18.4. The van der Waals surface area contributed by atoms with E-state index < -0.39 is 45.3 Å². The molecule has 0 saturated carbocycles. The zero-order valence-electron chi connectivity index (χ0n) is 14.4. The lowest BCUT2D eigenvalue weighted by Crippen LogP contribution is -2.41. The van der Waals surface area contributed by atoms with Crippen LogP contribution in [0, 0.1) is 0 Å². The van der Waals surface area contributed by atoms with Crippen molar-refractivity contribution in [1.29, 1.82) is 0 Å². The topological polar surface area (TPSA) is 124 Å². The van der Waals surface area contributed by atoms with Gasteiger partial charge in [0, 0.05) is 6.42 Å². The van der Waals surface area contributed by atoms with Crippen LogP contribution in [0.15, 0.2) is 11.8 Å². The maximum Gasteiger partial charge on any atom is 0.306 e. The van der Waals surface area contributed by atoms with E-state index in [4.69, 9.17) is 14.6 Å². The first-order valence-electron chi connectivity index (χ1n) is 7.44. The largest absolute Gasteiger partial charge is 0.547 e. The molecule has 0 heterocycles. The summed E-state index contributed by atoms with van der Waals surface area (Å²) >= 11 is 0. The fourth-order valence-electron chi connectivity index (χ4n) is 1.58. The number of hydrogen-bond donors (Lipinski definition) is 4. The molecule has 0 radical (unpaired) electrons. The maximum absolute atomic E-state index is 10.7. The lowest BCUT2D eigenvalue weighted by molar-refractivity contribution is -0.139. The maximum atomic E-state index is 10.7. The van der Waals surface area contributed by atoms with Crippen LogP contribution in [0.2, 0.25) is 18.1 Å². The average molecular weight is 348 g/mol. The molecule has 4 N–H and O–H groups in total. The van der Waals surface area contributed by atoms with Crippen LogP contribution in [0.25, 0.3) is 0 Å². The van der Waals surface area contributed by atoms with Gasteiger partial charge in [0.15, 0.2) is 0 Å². The summed E-state index contributed by atoms with van der Waals surface area (Å²) in [4.78, 5) is 21.3. The Hall–Kier alpha value is -1.38. The Morgan fingerprint density at radius 1 is 1.04 bits per heavy atom. The van der Waals surface area contributed by atoms with Crippen LogP contribution in [0.4, 0.5) is 0 Å². The molecular formula is C15H28O7Si. The van der Waals surface area contributed by atoms with Gasteiger partial charge in [-0.2, -0.15) is 0 Å². The Labute approximate surface area is 137 Å². The standard InChI is InChI=1S/C15H28O7Si/c1-15(2,3)23(4,5)22-12(6-10(16)8-13(18)19)7-11(17)9-14(20)21/h6,10-11,16-17H,7-9H2,1-5H3,(H,18,19)(H,20,21)/b12-6-/t10-,11+/m0/s1. The predicted molar refractivity (Wildman–Crippen MR) is 87.5 cm³/mol. The smallest absolute Gasteiger partial charge is 0.306 e. The van der Waals surface area contributed by atoms with Crippen molar-refractivity contribution in [3.63, 3.8) is 0 Å². The highest BCUT2D eigenvalue weighted by atomic mass is 28.4. The molecule has 134 valence electrons. The van der Waals surface area contributed by atoms with E-state index in [1.54, 1.807) is 0 Å². The summed E-state index contributed by atoms with van der Waals surface area (Å²) in [5.41, 5.74) is 0. The Kier molecular flexibility index (Phi) is 7.95. The van der Waals surface area contributed by atoms with Crippen LogP contribution in [0.5, 0.6) is 0 Å². The number of carboxylic acids is 2. The van der Waals surface area contributed by atoms with Crippen molar-refractivity contribution in [1.82, 2.24) is 0 Å². The van der Waals surface area contributed by atoms with E-state index >= 15 is 0 Å². The van der Waals surface area contributed by atoms with Gasteiger partial charge in [-0.25, -0.2) is 0 Å². The molecule has 0 fully saturated rings. The van der Waals surface area contributed by atoms with Crippen molar-refractivity contribution in [2.45, 2.75) is 70.4 Å². The first-order chi connectivity index (χ1) is 10.2. The van der Waals surface area contributed by atoms with E-state index in [-0.39, 0.29) is 17.2 Å². The molecule has 8 heteroatoms. The molecule has 2 atom stereocenters. The minimum atomic E-state index is -2.27. The van der Waals surface area contributed by atoms with Crippen LogP contribution < -0.4 is 0 Å². The summed E-state index contributed by atoms with van der Waals surface area (Å²) < 4.78 is 6.00. The van der Waals surface area contributed by atoms with Gasteiger partial charge in [-0.15, -0.1) is 0 Å². The normalized spacial score (nSPS) is 15.9. The van der Waals surface area contributed by atoms with Crippen molar-refractivity contribution < 1.29 is 34.4 Å². The van der Waals surface area contributed by atoms with Crippen molar-refractivity contribution in [2.75, 3.05) is 0 Å². The molecule has 23 heavy (non-hydrogen) atoms. The number of hydrogen-bond acceptors (Lipinski definition) is 5. The Balaban J connectivity index is 5.25. The van der Waals surface area contributed by atoms with Crippen molar-refractivity contribution >= 4 is 20.3 Å². The molecule has 0 saturated heterocycles. The highest BCUT2D eigenvalue weighted by Gasteiger charge is 2.39. The first kappa shape index (κ1) is 21.6. The van der Waals surface area contributed by atoms with E-state index in [1.807, 2.05) is 33.9 Å². The average Bonchev–Trinajstić information content (AvgIpc) is 2.22. The van der Waals surface area contributed by atoms with Gasteiger partial charge in [0.25, 0.3) is 0 Å². The molecular weight excluding hydrogens is 320 g/mol. The van der Waals surface area contributed by atoms with Gasteiger partial charge in [-0.1, -0.05) is 20.8 Å². The predicted octanol–water partition coefficient (Wildman–Crippen LogP) is 1.95. The van der Waals surface area contributed by atoms with Gasteiger partial charge in [-0.3, -0.25) is 9.59 Å². The molecule has 0 aromatic rings. The van der Waals surface area contributed by atoms with Crippen molar-refractivity contribution in [2.24, 2.45) is 0 Å². The minimum absolute atomic E-state index is 0.0878. The molecule has 0 bridgehead atoms. The monoisotopic (exact) mass is 348 g/mol. The molecule has 0 aliphatic heterocycles. The molecule has 0 aromatic heterocycles. The number of rotatable bonds is 9. The number of aliphatic hydroxyl groups is 2. The van der Waals surface area contributed by atoms with Crippen LogP contribution in [-0.4, -0.2) is 52.9 Å². The molecule has 7 nitrogen and oxygen atoms in total. The summed E-state index contributed by atoms with van der Waals surface area (Å²) in [5, 5.41) is 36.9. The Morgan fingerprint density at radius 2 is 1.52 bits per heavy atom. The number of aliphatic carboxylic acids is 2. The molecule has 0 aliphatic carbocycles. The van der Waals surface area contributed by atoms with E-state index in [0.29, 0.717) is 0 Å². The second-order valence-electron chi connectivity index (χ2n) is 7.12. The van der Waals surface area contributed by atoms with Crippen LogP contribution in [0.1, 0.15) is 40.0 Å².